The molecule has 0 radical (unpaired) electrons. The van der Waals surface area contributed by atoms with E-state index < -0.39 is 0 Å². The van der Waals surface area contributed by atoms with Gasteiger partial charge in [0, 0.05) is 16.6 Å². The molecule has 1 amide bonds. The van der Waals surface area contributed by atoms with Crippen molar-refractivity contribution < 1.29 is 9.21 Å². The highest BCUT2D eigenvalue weighted by molar-refractivity contribution is 6.09. The first-order valence-corrected chi connectivity index (χ1v) is 9.32. The predicted molar refractivity (Wildman–Crippen MR) is 111 cm³/mol. The van der Waals surface area contributed by atoms with Crippen LogP contribution in [-0.2, 0) is 6.54 Å². The lowest BCUT2D eigenvalue weighted by Gasteiger charge is -2.12. The molecule has 0 atom stereocenters. The van der Waals surface area contributed by atoms with Gasteiger partial charge in [0.25, 0.3) is 5.91 Å². The van der Waals surface area contributed by atoms with Gasteiger partial charge in [-0.1, -0.05) is 48.0 Å². The van der Waals surface area contributed by atoms with Crippen LogP contribution in [-0.4, -0.2) is 10.9 Å². The number of aromatic nitrogens is 1. The highest BCUT2D eigenvalue weighted by Crippen LogP contribution is 2.30. The number of furan rings is 1. The highest BCUT2D eigenvalue weighted by atomic mass is 16.3. The van der Waals surface area contributed by atoms with Crippen molar-refractivity contribution in [2.24, 2.45) is 0 Å². The van der Waals surface area contributed by atoms with Crippen molar-refractivity contribution >= 4 is 16.8 Å². The average molecular weight is 370 g/mol. The molecule has 2 aromatic carbocycles. The third kappa shape index (κ3) is 3.54. The van der Waals surface area contributed by atoms with Crippen LogP contribution in [0.25, 0.3) is 22.0 Å². The molecule has 0 saturated carbocycles. The lowest BCUT2D eigenvalue weighted by Crippen LogP contribution is -2.23. The van der Waals surface area contributed by atoms with Gasteiger partial charge in [0.1, 0.15) is 11.5 Å². The van der Waals surface area contributed by atoms with E-state index in [-0.39, 0.29) is 5.91 Å². The second-order valence-electron chi connectivity index (χ2n) is 7.07. The SMILES string of the molecule is Cc1ccc(-c2cccc3c(C(=O)NCc4ccc(C)o4)cc(C)nc23)cc1. The maximum absolute atomic E-state index is 12.9. The third-order valence-corrected chi connectivity index (χ3v) is 4.79. The van der Waals surface area contributed by atoms with E-state index in [0.717, 1.165) is 39.2 Å². The number of hydrogen-bond donors (Lipinski definition) is 1. The second kappa shape index (κ2) is 7.31. The van der Waals surface area contributed by atoms with Gasteiger partial charge in [-0.05, 0) is 44.5 Å². The molecule has 140 valence electrons. The number of carbonyl (C=O) groups excluding carboxylic acids is 1. The summed E-state index contributed by atoms with van der Waals surface area (Å²) in [4.78, 5) is 17.6. The van der Waals surface area contributed by atoms with Crippen LogP contribution in [0.1, 0.15) is 33.1 Å². The molecule has 0 aliphatic carbocycles. The van der Waals surface area contributed by atoms with Crippen LogP contribution in [0.4, 0.5) is 0 Å². The van der Waals surface area contributed by atoms with E-state index >= 15 is 0 Å². The van der Waals surface area contributed by atoms with Gasteiger partial charge in [-0.15, -0.1) is 0 Å². The Labute approximate surface area is 164 Å². The molecular weight excluding hydrogens is 348 g/mol. The summed E-state index contributed by atoms with van der Waals surface area (Å²) in [6, 6.07) is 19.9. The summed E-state index contributed by atoms with van der Waals surface area (Å²) in [7, 11) is 0. The van der Waals surface area contributed by atoms with Crippen molar-refractivity contribution in [3.8, 4) is 11.1 Å². The van der Waals surface area contributed by atoms with Crippen LogP contribution in [0.2, 0.25) is 0 Å². The number of rotatable bonds is 4. The normalized spacial score (nSPS) is 11.0. The summed E-state index contributed by atoms with van der Waals surface area (Å²) >= 11 is 0. The highest BCUT2D eigenvalue weighted by Gasteiger charge is 2.15. The van der Waals surface area contributed by atoms with Gasteiger partial charge in [0.2, 0.25) is 0 Å². The maximum atomic E-state index is 12.9. The molecule has 1 N–H and O–H groups in total. The topological polar surface area (TPSA) is 55.1 Å². The molecule has 2 aromatic heterocycles. The van der Waals surface area contributed by atoms with E-state index in [2.05, 4.69) is 36.5 Å². The van der Waals surface area contributed by atoms with Crippen molar-refractivity contribution in [2.75, 3.05) is 0 Å². The molecule has 0 spiro atoms. The number of nitrogens with one attached hydrogen (secondary N) is 1. The van der Waals surface area contributed by atoms with E-state index in [1.807, 2.05) is 50.2 Å². The van der Waals surface area contributed by atoms with E-state index in [1.54, 1.807) is 0 Å². The number of hydrogen-bond acceptors (Lipinski definition) is 3. The van der Waals surface area contributed by atoms with Crippen LogP contribution in [0.3, 0.4) is 0 Å². The number of para-hydroxylation sites is 1. The zero-order chi connectivity index (χ0) is 19.7. The van der Waals surface area contributed by atoms with E-state index in [9.17, 15) is 4.79 Å². The summed E-state index contributed by atoms with van der Waals surface area (Å²) in [5.74, 6) is 1.43. The van der Waals surface area contributed by atoms with Gasteiger partial charge in [-0.25, -0.2) is 0 Å². The van der Waals surface area contributed by atoms with E-state index in [4.69, 9.17) is 9.40 Å². The van der Waals surface area contributed by atoms with Crippen molar-refractivity contribution in [3.63, 3.8) is 0 Å². The van der Waals surface area contributed by atoms with Crippen molar-refractivity contribution in [3.05, 3.63) is 89.0 Å². The molecule has 0 bridgehead atoms. The number of nitrogens with zero attached hydrogens (tertiary/aromatic N) is 1. The first-order chi connectivity index (χ1) is 13.5. The van der Waals surface area contributed by atoms with E-state index in [0.29, 0.717) is 12.1 Å². The van der Waals surface area contributed by atoms with E-state index in [1.165, 1.54) is 5.56 Å². The fraction of sp³-hybridized carbons (Fsp3) is 0.167. The summed E-state index contributed by atoms with van der Waals surface area (Å²) < 4.78 is 5.54. The quantitative estimate of drug-likeness (QED) is 0.527. The Balaban J connectivity index is 1.73. The number of pyridine rings is 1. The molecule has 4 rings (SSSR count). The minimum atomic E-state index is -0.134. The largest absolute Gasteiger partial charge is 0.465 e. The number of carbonyl (C=O) groups is 1. The molecule has 4 nitrogen and oxygen atoms in total. The zero-order valence-electron chi connectivity index (χ0n) is 16.2. The Hall–Kier alpha value is -3.40. The predicted octanol–water partition coefficient (Wildman–Crippen LogP) is 5.35. The van der Waals surface area contributed by atoms with Gasteiger partial charge < -0.3 is 9.73 Å². The molecule has 0 saturated heterocycles. The van der Waals surface area contributed by atoms with Crippen LogP contribution >= 0.6 is 0 Å². The molecule has 0 fully saturated rings. The molecule has 4 aromatic rings. The second-order valence-corrected chi connectivity index (χ2v) is 7.07. The van der Waals surface area contributed by atoms with Crippen molar-refractivity contribution in [2.45, 2.75) is 27.3 Å². The molecular formula is C24H22N2O2. The van der Waals surface area contributed by atoms with Gasteiger partial charge in [-0.3, -0.25) is 9.78 Å². The lowest BCUT2D eigenvalue weighted by atomic mass is 9.98. The minimum Gasteiger partial charge on any atom is -0.465 e. The molecule has 0 unspecified atom stereocenters. The molecule has 2 heterocycles. The van der Waals surface area contributed by atoms with Gasteiger partial charge in [0.15, 0.2) is 0 Å². The summed E-state index contributed by atoms with van der Waals surface area (Å²) in [5, 5.41) is 3.80. The number of benzene rings is 2. The summed E-state index contributed by atoms with van der Waals surface area (Å²) in [6.07, 6.45) is 0. The Morgan fingerprint density at radius 1 is 1.00 bits per heavy atom. The van der Waals surface area contributed by atoms with Crippen LogP contribution in [0.5, 0.6) is 0 Å². The monoisotopic (exact) mass is 370 g/mol. The standard InChI is InChI=1S/C24H22N2O2/c1-15-7-10-18(11-8-15)20-5-4-6-21-22(13-16(2)26-23(20)21)24(27)25-14-19-12-9-17(3)28-19/h4-13H,14H2,1-3H3,(H,25,27). The maximum Gasteiger partial charge on any atom is 0.252 e. The summed E-state index contributed by atoms with van der Waals surface area (Å²) in [5.41, 5.74) is 5.60. The molecule has 28 heavy (non-hydrogen) atoms. The van der Waals surface area contributed by atoms with Crippen molar-refractivity contribution in [1.82, 2.24) is 10.3 Å². The molecule has 0 aliphatic rings. The summed E-state index contributed by atoms with van der Waals surface area (Å²) in [6.45, 7) is 6.22. The Morgan fingerprint density at radius 2 is 1.79 bits per heavy atom. The van der Waals surface area contributed by atoms with Gasteiger partial charge in [-0.2, -0.15) is 0 Å². The Morgan fingerprint density at radius 3 is 2.50 bits per heavy atom. The number of fused-ring (bicyclic) bond motifs is 1. The minimum absolute atomic E-state index is 0.134. The molecule has 0 aliphatic heterocycles. The van der Waals surface area contributed by atoms with Gasteiger partial charge >= 0.3 is 0 Å². The van der Waals surface area contributed by atoms with Crippen LogP contribution < -0.4 is 5.32 Å². The average Bonchev–Trinajstić information content (AvgIpc) is 3.11. The fourth-order valence-electron chi connectivity index (χ4n) is 3.37. The van der Waals surface area contributed by atoms with Gasteiger partial charge in [0.05, 0.1) is 17.6 Å². The van der Waals surface area contributed by atoms with Crippen molar-refractivity contribution in [1.29, 1.82) is 0 Å². The molecule has 4 heteroatoms. The van der Waals surface area contributed by atoms with Crippen LogP contribution in [0, 0.1) is 20.8 Å². The number of amides is 1. The lowest BCUT2D eigenvalue weighted by molar-refractivity contribution is 0.0949. The van der Waals surface area contributed by atoms with Crippen LogP contribution in [0.15, 0.2) is 65.1 Å². The Bertz CT molecular complexity index is 1160. The Kier molecular flexibility index (Phi) is 4.70. The third-order valence-electron chi connectivity index (χ3n) is 4.79. The number of aryl methyl sites for hydroxylation is 3. The first-order valence-electron chi connectivity index (χ1n) is 9.32. The smallest absolute Gasteiger partial charge is 0.252 e. The first kappa shape index (κ1) is 18.0. The zero-order valence-corrected chi connectivity index (χ0v) is 16.2. The fourth-order valence-corrected chi connectivity index (χ4v) is 3.37.